The molecule has 0 aromatic heterocycles. The molecule has 0 radical (unpaired) electrons. The van der Waals surface area contributed by atoms with E-state index in [-0.39, 0.29) is 12.1 Å². The van der Waals surface area contributed by atoms with E-state index in [1.165, 1.54) is 12.8 Å². The van der Waals surface area contributed by atoms with Crippen LogP contribution in [0.4, 0.5) is 21.0 Å². The first-order valence-electron chi connectivity index (χ1n) is 10.5. The van der Waals surface area contributed by atoms with Gasteiger partial charge in [0.25, 0.3) is 0 Å². The first-order valence-corrected chi connectivity index (χ1v) is 10.5. The number of nitrogens with zero attached hydrogens (tertiary/aromatic N) is 2. The monoisotopic (exact) mass is 386 g/mol. The number of urea groups is 2. The van der Waals surface area contributed by atoms with Crippen LogP contribution in [0.1, 0.15) is 37.7 Å². The van der Waals surface area contributed by atoms with Crippen LogP contribution >= 0.6 is 0 Å². The van der Waals surface area contributed by atoms with Gasteiger partial charge in [-0.05, 0) is 62.6 Å². The van der Waals surface area contributed by atoms with E-state index < -0.39 is 0 Å². The molecule has 152 valence electrons. The SMILES string of the molecule is Cc1ccc(N2CCNC2=O)cc1NC(=O)N1CCC(C2CCCCO2)CC1. The minimum absolute atomic E-state index is 0.0610. The molecule has 3 aliphatic rings. The summed E-state index contributed by atoms with van der Waals surface area (Å²) in [6.45, 7) is 5.68. The third kappa shape index (κ3) is 4.09. The van der Waals surface area contributed by atoms with E-state index in [1.807, 2.05) is 30.0 Å². The van der Waals surface area contributed by atoms with Crippen molar-refractivity contribution >= 4 is 23.4 Å². The summed E-state index contributed by atoms with van der Waals surface area (Å²) in [6, 6.07) is 5.61. The second kappa shape index (κ2) is 8.39. The van der Waals surface area contributed by atoms with Gasteiger partial charge in [-0.3, -0.25) is 4.90 Å². The molecule has 7 heteroatoms. The van der Waals surface area contributed by atoms with Gasteiger partial charge in [0.2, 0.25) is 0 Å². The van der Waals surface area contributed by atoms with Crippen molar-refractivity contribution in [2.45, 2.75) is 45.1 Å². The summed E-state index contributed by atoms with van der Waals surface area (Å²) in [5.74, 6) is 0.572. The Kier molecular flexibility index (Phi) is 5.71. The molecule has 2 N–H and O–H groups in total. The summed E-state index contributed by atoms with van der Waals surface area (Å²) in [7, 11) is 0. The molecular weight excluding hydrogens is 356 g/mol. The number of likely N-dealkylation sites (tertiary alicyclic amines) is 1. The van der Waals surface area contributed by atoms with Gasteiger partial charge in [0.15, 0.2) is 0 Å². The highest BCUT2D eigenvalue weighted by Crippen LogP contribution is 2.29. The van der Waals surface area contributed by atoms with Gasteiger partial charge in [-0.1, -0.05) is 6.07 Å². The maximum atomic E-state index is 12.8. The largest absolute Gasteiger partial charge is 0.378 e. The molecule has 3 fully saturated rings. The third-order valence-corrected chi connectivity index (χ3v) is 6.20. The molecule has 4 rings (SSSR count). The zero-order valence-electron chi connectivity index (χ0n) is 16.6. The Balaban J connectivity index is 1.35. The number of aryl methyl sites for hydroxylation is 1. The van der Waals surface area contributed by atoms with Crippen molar-refractivity contribution in [2.24, 2.45) is 5.92 Å². The lowest BCUT2D eigenvalue weighted by Gasteiger charge is -2.37. The van der Waals surface area contributed by atoms with Gasteiger partial charge in [-0.15, -0.1) is 0 Å². The first-order chi connectivity index (χ1) is 13.6. The Morgan fingerprint density at radius 3 is 2.68 bits per heavy atom. The van der Waals surface area contributed by atoms with Gasteiger partial charge in [0.1, 0.15) is 0 Å². The van der Waals surface area contributed by atoms with Crippen molar-refractivity contribution in [3.05, 3.63) is 23.8 Å². The lowest BCUT2D eigenvalue weighted by Crippen LogP contribution is -2.44. The van der Waals surface area contributed by atoms with Gasteiger partial charge in [-0.2, -0.15) is 0 Å². The van der Waals surface area contributed by atoms with Crippen LogP contribution in [-0.4, -0.2) is 55.9 Å². The van der Waals surface area contributed by atoms with Crippen molar-refractivity contribution in [1.82, 2.24) is 10.2 Å². The zero-order chi connectivity index (χ0) is 19.5. The molecule has 3 aliphatic heterocycles. The molecule has 28 heavy (non-hydrogen) atoms. The fourth-order valence-corrected chi connectivity index (χ4v) is 4.44. The Morgan fingerprint density at radius 1 is 1.18 bits per heavy atom. The molecule has 1 aromatic carbocycles. The highest BCUT2D eigenvalue weighted by molar-refractivity contribution is 5.96. The molecule has 0 bridgehead atoms. The Morgan fingerprint density at radius 2 is 2.00 bits per heavy atom. The van der Waals surface area contributed by atoms with E-state index >= 15 is 0 Å². The lowest BCUT2D eigenvalue weighted by molar-refractivity contribution is -0.0345. The summed E-state index contributed by atoms with van der Waals surface area (Å²) in [5, 5.41) is 5.86. The average molecular weight is 386 g/mol. The normalized spacial score (nSPS) is 23.6. The van der Waals surface area contributed by atoms with Crippen LogP contribution in [0, 0.1) is 12.8 Å². The van der Waals surface area contributed by atoms with Crippen molar-refractivity contribution in [3.63, 3.8) is 0 Å². The van der Waals surface area contributed by atoms with Crippen LogP contribution in [-0.2, 0) is 4.74 Å². The summed E-state index contributed by atoms with van der Waals surface area (Å²) >= 11 is 0. The van der Waals surface area contributed by atoms with Crippen LogP contribution in [0.2, 0.25) is 0 Å². The summed E-state index contributed by atoms with van der Waals surface area (Å²) in [5.41, 5.74) is 2.56. The van der Waals surface area contributed by atoms with Crippen LogP contribution in [0.5, 0.6) is 0 Å². The van der Waals surface area contributed by atoms with Crippen molar-refractivity contribution in [2.75, 3.05) is 43.0 Å². The average Bonchev–Trinajstić information content (AvgIpc) is 3.16. The summed E-state index contributed by atoms with van der Waals surface area (Å²) in [6.07, 6.45) is 5.98. The van der Waals surface area contributed by atoms with Gasteiger partial charge in [0, 0.05) is 44.2 Å². The molecule has 1 aromatic rings. The fourth-order valence-electron chi connectivity index (χ4n) is 4.44. The number of carbonyl (C=O) groups is 2. The molecule has 3 heterocycles. The van der Waals surface area contributed by atoms with Gasteiger partial charge in [-0.25, -0.2) is 9.59 Å². The van der Waals surface area contributed by atoms with Gasteiger partial charge in [0.05, 0.1) is 6.10 Å². The second-order valence-corrected chi connectivity index (χ2v) is 8.04. The lowest BCUT2D eigenvalue weighted by atomic mass is 9.87. The number of rotatable bonds is 3. The maximum absolute atomic E-state index is 12.8. The van der Waals surface area contributed by atoms with E-state index in [4.69, 9.17) is 4.74 Å². The number of hydrogen-bond acceptors (Lipinski definition) is 3. The predicted octanol–water partition coefficient (Wildman–Crippen LogP) is 3.34. The van der Waals surface area contributed by atoms with Crippen molar-refractivity contribution < 1.29 is 14.3 Å². The first kappa shape index (κ1) is 19.1. The van der Waals surface area contributed by atoms with E-state index in [0.717, 1.165) is 55.9 Å². The molecule has 1 atom stereocenters. The Bertz CT molecular complexity index is 724. The van der Waals surface area contributed by atoms with Gasteiger partial charge >= 0.3 is 12.1 Å². The third-order valence-electron chi connectivity index (χ3n) is 6.20. The maximum Gasteiger partial charge on any atom is 0.321 e. The van der Waals surface area contributed by atoms with E-state index in [0.29, 0.717) is 25.1 Å². The fraction of sp³-hybridized carbons (Fsp3) is 0.619. The smallest absolute Gasteiger partial charge is 0.321 e. The van der Waals surface area contributed by atoms with Crippen LogP contribution in [0.25, 0.3) is 0 Å². The topological polar surface area (TPSA) is 73.9 Å². The van der Waals surface area contributed by atoms with Crippen molar-refractivity contribution in [3.8, 4) is 0 Å². The summed E-state index contributed by atoms with van der Waals surface area (Å²) < 4.78 is 5.94. The predicted molar refractivity (Wildman–Crippen MR) is 109 cm³/mol. The minimum atomic E-state index is -0.0897. The molecule has 3 saturated heterocycles. The highest BCUT2D eigenvalue weighted by Gasteiger charge is 2.30. The quantitative estimate of drug-likeness (QED) is 0.837. The minimum Gasteiger partial charge on any atom is -0.378 e. The van der Waals surface area contributed by atoms with Crippen LogP contribution in [0.15, 0.2) is 18.2 Å². The number of piperidine rings is 1. The number of anilines is 2. The number of nitrogens with one attached hydrogen (secondary N) is 2. The van der Waals surface area contributed by atoms with E-state index in [9.17, 15) is 9.59 Å². The standard InChI is InChI=1S/C21H30N4O3/c1-15-5-6-17(25-12-9-22-20(25)26)14-18(15)23-21(27)24-10-7-16(8-11-24)19-4-2-3-13-28-19/h5-6,14,16,19H,2-4,7-13H2,1H3,(H,22,26)(H,23,27). The second-order valence-electron chi connectivity index (χ2n) is 8.04. The number of benzene rings is 1. The Labute approximate surface area is 166 Å². The molecule has 0 aliphatic carbocycles. The van der Waals surface area contributed by atoms with E-state index in [1.54, 1.807) is 4.90 Å². The molecule has 1 unspecified atom stereocenters. The van der Waals surface area contributed by atoms with Crippen LogP contribution < -0.4 is 15.5 Å². The van der Waals surface area contributed by atoms with E-state index in [2.05, 4.69) is 10.6 Å². The Hall–Kier alpha value is -2.28. The number of carbonyl (C=O) groups excluding carboxylic acids is 2. The molecule has 7 nitrogen and oxygen atoms in total. The number of hydrogen-bond donors (Lipinski definition) is 2. The highest BCUT2D eigenvalue weighted by atomic mass is 16.5. The number of amides is 4. The molecule has 0 saturated carbocycles. The van der Waals surface area contributed by atoms with Crippen molar-refractivity contribution in [1.29, 1.82) is 0 Å². The molecular formula is C21H30N4O3. The molecule has 4 amide bonds. The molecule has 0 spiro atoms. The zero-order valence-corrected chi connectivity index (χ0v) is 16.6. The summed E-state index contributed by atoms with van der Waals surface area (Å²) in [4.78, 5) is 28.3. The van der Waals surface area contributed by atoms with Crippen LogP contribution in [0.3, 0.4) is 0 Å². The van der Waals surface area contributed by atoms with Gasteiger partial charge < -0.3 is 20.3 Å². The number of ether oxygens (including phenoxy) is 1.